The van der Waals surface area contributed by atoms with Gasteiger partial charge in [0, 0.05) is 6.54 Å². The van der Waals surface area contributed by atoms with E-state index in [4.69, 9.17) is 10.5 Å². The highest BCUT2D eigenvalue weighted by Crippen LogP contribution is 2.32. The van der Waals surface area contributed by atoms with Crippen LogP contribution in [0.5, 0.6) is 0 Å². The summed E-state index contributed by atoms with van der Waals surface area (Å²) >= 11 is 0. The molecule has 1 amide bonds. The van der Waals surface area contributed by atoms with Crippen LogP contribution >= 0.6 is 12.4 Å². The lowest BCUT2D eigenvalue weighted by Crippen LogP contribution is -2.44. The topological polar surface area (TPSA) is 64.4 Å². The molecule has 0 aliphatic heterocycles. The third-order valence-electron chi connectivity index (χ3n) is 3.37. The second-order valence-corrected chi connectivity index (χ2v) is 5.47. The first-order valence-electron chi connectivity index (χ1n) is 6.79. The van der Waals surface area contributed by atoms with Crippen LogP contribution < -0.4 is 11.1 Å². The molecule has 1 fully saturated rings. The minimum atomic E-state index is -0.579. The number of nitrogens with two attached hydrogens (primary N) is 1. The van der Waals surface area contributed by atoms with Crippen LogP contribution in [0.4, 0.5) is 0 Å². The van der Waals surface area contributed by atoms with Crippen molar-refractivity contribution in [1.29, 1.82) is 0 Å². The Morgan fingerprint density at radius 2 is 2.05 bits per heavy atom. The van der Waals surface area contributed by atoms with Crippen LogP contribution in [-0.4, -0.2) is 24.6 Å². The molecule has 20 heavy (non-hydrogen) atoms. The van der Waals surface area contributed by atoms with Crippen molar-refractivity contribution in [3.8, 4) is 0 Å². The normalized spacial score (nSPS) is 16.9. The van der Waals surface area contributed by atoms with E-state index >= 15 is 0 Å². The number of halogens is 1. The van der Waals surface area contributed by atoms with Gasteiger partial charge in [-0.2, -0.15) is 0 Å². The van der Waals surface area contributed by atoms with Crippen molar-refractivity contribution >= 4 is 18.3 Å². The fourth-order valence-electron chi connectivity index (χ4n) is 1.82. The zero-order valence-corrected chi connectivity index (χ0v) is 12.6. The minimum absolute atomic E-state index is 0. The average molecular weight is 299 g/mol. The Balaban J connectivity index is 0.00000200. The van der Waals surface area contributed by atoms with Gasteiger partial charge in [-0.25, -0.2) is 0 Å². The first kappa shape index (κ1) is 17.0. The third kappa shape index (κ3) is 5.12. The molecule has 1 aliphatic rings. The SMILES string of the molecule is CC(CNC(=O)C1(N)CC1)COCc1ccccc1.Cl. The van der Waals surface area contributed by atoms with E-state index in [1.54, 1.807) is 0 Å². The number of hydrogen-bond donors (Lipinski definition) is 2. The fraction of sp³-hybridized carbons (Fsp3) is 0.533. The Hall–Kier alpha value is -1.10. The smallest absolute Gasteiger partial charge is 0.240 e. The molecular formula is C15H23ClN2O2. The summed E-state index contributed by atoms with van der Waals surface area (Å²) in [4.78, 5) is 11.6. The molecule has 0 spiro atoms. The van der Waals surface area contributed by atoms with Gasteiger partial charge in [-0.1, -0.05) is 37.3 Å². The Kier molecular flexibility index (Phi) is 6.46. The van der Waals surface area contributed by atoms with Gasteiger partial charge in [0.25, 0.3) is 0 Å². The molecule has 0 radical (unpaired) electrons. The van der Waals surface area contributed by atoms with Crippen LogP contribution in [0.2, 0.25) is 0 Å². The summed E-state index contributed by atoms with van der Waals surface area (Å²) < 4.78 is 5.63. The van der Waals surface area contributed by atoms with E-state index in [0.717, 1.165) is 18.4 Å². The summed E-state index contributed by atoms with van der Waals surface area (Å²) in [5.41, 5.74) is 6.39. The molecule has 3 N–H and O–H groups in total. The van der Waals surface area contributed by atoms with E-state index < -0.39 is 5.54 Å². The predicted octanol–water partition coefficient (Wildman–Crippen LogP) is 1.87. The molecule has 1 atom stereocenters. The van der Waals surface area contributed by atoms with Crippen LogP contribution in [-0.2, 0) is 16.1 Å². The number of nitrogens with one attached hydrogen (secondary N) is 1. The van der Waals surface area contributed by atoms with E-state index in [9.17, 15) is 4.79 Å². The quantitative estimate of drug-likeness (QED) is 0.808. The zero-order chi connectivity index (χ0) is 13.7. The summed E-state index contributed by atoms with van der Waals surface area (Å²) in [5, 5.41) is 2.89. The summed E-state index contributed by atoms with van der Waals surface area (Å²) in [6, 6.07) is 10.1. The van der Waals surface area contributed by atoms with Gasteiger partial charge in [-0.15, -0.1) is 12.4 Å². The molecule has 0 heterocycles. The lowest BCUT2D eigenvalue weighted by molar-refractivity contribution is -0.123. The second-order valence-electron chi connectivity index (χ2n) is 5.47. The molecule has 1 unspecified atom stereocenters. The lowest BCUT2D eigenvalue weighted by atomic mass is 10.2. The number of ether oxygens (including phenoxy) is 1. The van der Waals surface area contributed by atoms with Crippen molar-refractivity contribution in [2.24, 2.45) is 11.7 Å². The maximum absolute atomic E-state index is 11.6. The number of rotatable bonds is 7. The molecule has 0 saturated heterocycles. The van der Waals surface area contributed by atoms with Gasteiger partial charge in [0.15, 0.2) is 0 Å². The van der Waals surface area contributed by atoms with Crippen molar-refractivity contribution in [3.63, 3.8) is 0 Å². The molecule has 1 saturated carbocycles. The van der Waals surface area contributed by atoms with Crippen molar-refractivity contribution in [2.75, 3.05) is 13.2 Å². The van der Waals surface area contributed by atoms with Crippen molar-refractivity contribution in [1.82, 2.24) is 5.32 Å². The monoisotopic (exact) mass is 298 g/mol. The second kappa shape index (κ2) is 7.62. The van der Waals surface area contributed by atoms with E-state index in [0.29, 0.717) is 19.8 Å². The van der Waals surface area contributed by atoms with Gasteiger partial charge >= 0.3 is 0 Å². The van der Waals surface area contributed by atoms with Gasteiger partial charge in [0.05, 0.1) is 18.8 Å². The molecule has 5 heteroatoms. The molecule has 0 aromatic heterocycles. The Bertz CT molecular complexity index is 421. The first-order valence-corrected chi connectivity index (χ1v) is 6.79. The van der Waals surface area contributed by atoms with Gasteiger partial charge in [0.2, 0.25) is 5.91 Å². The van der Waals surface area contributed by atoms with Crippen LogP contribution in [0.3, 0.4) is 0 Å². The van der Waals surface area contributed by atoms with Gasteiger partial charge in [-0.3, -0.25) is 4.79 Å². The van der Waals surface area contributed by atoms with Crippen LogP contribution in [0.25, 0.3) is 0 Å². The first-order chi connectivity index (χ1) is 9.10. The largest absolute Gasteiger partial charge is 0.376 e. The summed E-state index contributed by atoms with van der Waals surface area (Å²) in [6.07, 6.45) is 1.61. The molecule has 112 valence electrons. The summed E-state index contributed by atoms with van der Waals surface area (Å²) in [5.74, 6) is 0.262. The van der Waals surface area contributed by atoms with Crippen molar-refractivity contribution in [3.05, 3.63) is 35.9 Å². The number of benzene rings is 1. The highest BCUT2D eigenvalue weighted by atomic mass is 35.5. The Morgan fingerprint density at radius 1 is 1.40 bits per heavy atom. The Labute approximate surface area is 126 Å². The minimum Gasteiger partial charge on any atom is -0.376 e. The summed E-state index contributed by atoms with van der Waals surface area (Å²) in [6.45, 7) is 3.92. The highest BCUT2D eigenvalue weighted by molar-refractivity contribution is 5.88. The molecular weight excluding hydrogens is 276 g/mol. The molecule has 4 nitrogen and oxygen atoms in total. The number of hydrogen-bond acceptors (Lipinski definition) is 3. The zero-order valence-electron chi connectivity index (χ0n) is 11.8. The van der Waals surface area contributed by atoms with Crippen LogP contribution in [0, 0.1) is 5.92 Å². The van der Waals surface area contributed by atoms with Crippen LogP contribution in [0.1, 0.15) is 25.3 Å². The van der Waals surface area contributed by atoms with Crippen LogP contribution in [0.15, 0.2) is 30.3 Å². The van der Waals surface area contributed by atoms with E-state index in [1.165, 1.54) is 0 Å². The highest BCUT2D eigenvalue weighted by Gasteiger charge is 2.45. The van der Waals surface area contributed by atoms with Gasteiger partial charge in [0.1, 0.15) is 0 Å². The number of carbonyl (C=O) groups is 1. The molecule has 0 bridgehead atoms. The maximum Gasteiger partial charge on any atom is 0.240 e. The van der Waals surface area contributed by atoms with E-state index in [2.05, 4.69) is 12.2 Å². The predicted molar refractivity (Wildman–Crippen MR) is 81.7 cm³/mol. The molecule has 1 aliphatic carbocycles. The molecule has 1 aromatic rings. The van der Waals surface area contributed by atoms with Crippen molar-refractivity contribution < 1.29 is 9.53 Å². The lowest BCUT2D eigenvalue weighted by Gasteiger charge is -2.15. The average Bonchev–Trinajstić information content (AvgIpc) is 3.16. The standard InChI is InChI=1S/C15H22N2O2.ClH/c1-12(9-17-14(18)15(16)7-8-15)10-19-11-13-5-3-2-4-6-13;/h2-6,12H,7-11,16H2,1H3,(H,17,18);1H. The van der Waals surface area contributed by atoms with E-state index in [-0.39, 0.29) is 24.2 Å². The van der Waals surface area contributed by atoms with Crippen molar-refractivity contribution in [2.45, 2.75) is 31.9 Å². The molecule has 1 aromatic carbocycles. The Morgan fingerprint density at radius 3 is 2.65 bits per heavy atom. The van der Waals surface area contributed by atoms with Gasteiger partial charge in [-0.05, 0) is 24.3 Å². The number of amides is 1. The van der Waals surface area contributed by atoms with Gasteiger partial charge < -0.3 is 15.8 Å². The fourth-order valence-corrected chi connectivity index (χ4v) is 1.82. The maximum atomic E-state index is 11.6. The third-order valence-corrected chi connectivity index (χ3v) is 3.37. The van der Waals surface area contributed by atoms with E-state index in [1.807, 2.05) is 30.3 Å². The summed E-state index contributed by atoms with van der Waals surface area (Å²) in [7, 11) is 0. The molecule has 2 rings (SSSR count). The number of carbonyl (C=O) groups excluding carboxylic acids is 1.